The van der Waals surface area contributed by atoms with Crippen LogP contribution >= 0.6 is 0 Å². The van der Waals surface area contributed by atoms with E-state index in [9.17, 15) is 14.7 Å². The summed E-state index contributed by atoms with van der Waals surface area (Å²) in [5.41, 5.74) is 0.659. The highest BCUT2D eigenvalue weighted by atomic mass is 16.5. The normalized spacial score (nSPS) is 11.1. The number of nitrogens with one attached hydrogen (secondary N) is 2. The number of isocyanates is 1. The van der Waals surface area contributed by atoms with Crippen molar-refractivity contribution in [2.75, 3.05) is 20.3 Å². The molecular weight excluding hydrogens is 250 g/mol. The zero-order chi connectivity index (χ0) is 14.1. The molecule has 0 aliphatic rings. The van der Waals surface area contributed by atoms with Gasteiger partial charge in [0.1, 0.15) is 12.4 Å². The molecule has 0 radical (unpaired) electrons. The molecule has 1 atom stereocenters. The van der Waals surface area contributed by atoms with E-state index >= 15 is 0 Å². The van der Waals surface area contributed by atoms with Gasteiger partial charge in [-0.1, -0.05) is 12.1 Å². The first-order valence-corrected chi connectivity index (χ1v) is 5.54. The van der Waals surface area contributed by atoms with Gasteiger partial charge in [-0.25, -0.2) is 9.59 Å². The van der Waals surface area contributed by atoms with Crippen molar-refractivity contribution >= 4 is 12.1 Å². The zero-order valence-corrected chi connectivity index (χ0v) is 10.4. The molecule has 2 amide bonds. The number of aliphatic hydroxyl groups excluding tert-OH is 1. The largest absolute Gasteiger partial charge is 0.497 e. The third-order valence-electron chi connectivity index (χ3n) is 2.34. The van der Waals surface area contributed by atoms with E-state index < -0.39 is 12.1 Å². The molecular formula is C12H15N3O4. The minimum absolute atomic E-state index is 0.0446. The Labute approximate surface area is 110 Å². The maximum Gasteiger partial charge on any atom is 0.316 e. The van der Waals surface area contributed by atoms with Gasteiger partial charge in [0.05, 0.1) is 13.2 Å². The van der Waals surface area contributed by atoms with Gasteiger partial charge in [0.15, 0.2) is 0 Å². The standard InChI is InChI=1S/C12H15N3O4/c1-19-10-4-2-9(3-5-10)11(17)6-14-12(18)15-7-13-8-16/h2-5,11,17H,6-7H2,1H3,(H2,14,15,18). The number of aliphatic imine (C=N–C) groups is 1. The van der Waals surface area contributed by atoms with Gasteiger partial charge in [-0.05, 0) is 17.7 Å². The topological polar surface area (TPSA) is 100 Å². The van der Waals surface area contributed by atoms with Crippen molar-refractivity contribution in [2.24, 2.45) is 4.99 Å². The van der Waals surface area contributed by atoms with Crippen LogP contribution in [0.25, 0.3) is 0 Å². The minimum atomic E-state index is -0.828. The highest BCUT2D eigenvalue weighted by molar-refractivity contribution is 5.73. The van der Waals surface area contributed by atoms with Crippen molar-refractivity contribution in [3.05, 3.63) is 29.8 Å². The lowest BCUT2D eigenvalue weighted by molar-refractivity contribution is 0.173. The summed E-state index contributed by atoms with van der Waals surface area (Å²) in [6, 6.07) is 6.33. The Balaban J connectivity index is 2.39. The Morgan fingerprint density at radius 1 is 1.42 bits per heavy atom. The fourth-order valence-corrected chi connectivity index (χ4v) is 1.34. The smallest absolute Gasteiger partial charge is 0.316 e. The first kappa shape index (κ1) is 14.7. The molecule has 1 aromatic carbocycles. The Kier molecular flexibility index (Phi) is 6.08. The second-order valence-electron chi connectivity index (χ2n) is 3.58. The summed E-state index contributed by atoms with van der Waals surface area (Å²) in [6.07, 6.45) is 0.468. The maximum atomic E-state index is 11.2. The molecule has 7 nitrogen and oxygen atoms in total. The van der Waals surface area contributed by atoms with Crippen molar-refractivity contribution in [3.8, 4) is 5.75 Å². The number of carbonyl (C=O) groups excluding carboxylic acids is 2. The quantitative estimate of drug-likeness (QED) is 0.509. The molecule has 1 aromatic rings. The number of carbonyl (C=O) groups is 1. The van der Waals surface area contributed by atoms with E-state index in [4.69, 9.17) is 4.74 Å². The molecule has 0 fully saturated rings. The molecule has 7 heteroatoms. The molecule has 0 saturated carbocycles. The Bertz CT molecular complexity index is 455. The van der Waals surface area contributed by atoms with Crippen LogP contribution in [0.3, 0.4) is 0 Å². The number of nitrogens with zero attached hydrogens (tertiary/aromatic N) is 1. The lowest BCUT2D eigenvalue weighted by Gasteiger charge is -2.12. The average Bonchev–Trinajstić information content (AvgIpc) is 2.45. The summed E-state index contributed by atoms with van der Waals surface area (Å²) < 4.78 is 5.00. The van der Waals surface area contributed by atoms with Gasteiger partial charge in [0.25, 0.3) is 0 Å². The van der Waals surface area contributed by atoms with E-state index in [1.54, 1.807) is 31.4 Å². The number of aliphatic hydroxyl groups is 1. The maximum absolute atomic E-state index is 11.2. The van der Waals surface area contributed by atoms with Crippen LogP contribution in [0.15, 0.2) is 29.3 Å². The van der Waals surface area contributed by atoms with E-state index in [2.05, 4.69) is 15.6 Å². The van der Waals surface area contributed by atoms with E-state index in [1.807, 2.05) is 0 Å². The minimum Gasteiger partial charge on any atom is -0.497 e. The number of ether oxygens (including phenoxy) is 1. The van der Waals surface area contributed by atoms with Gasteiger partial charge in [-0.3, -0.25) is 0 Å². The molecule has 0 spiro atoms. The Hall–Kier alpha value is -2.37. The number of rotatable bonds is 6. The van der Waals surface area contributed by atoms with Crippen molar-refractivity contribution in [2.45, 2.75) is 6.10 Å². The van der Waals surface area contributed by atoms with E-state index in [0.717, 1.165) is 0 Å². The molecule has 19 heavy (non-hydrogen) atoms. The van der Waals surface area contributed by atoms with Gasteiger partial charge >= 0.3 is 6.03 Å². The molecule has 0 bridgehead atoms. The van der Waals surface area contributed by atoms with Gasteiger partial charge < -0.3 is 20.5 Å². The summed E-state index contributed by atoms with van der Waals surface area (Å²) in [5.74, 6) is 0.688. The number of amides is 2. The van der Waals surface area contributed by atoms with Crippen molar-refractivity contribution in [3.63, 3.8) is 0 Å². The van der Waals surface area contributed by atoms with Crippen molar-refractivity contribution in [1.82, 2.24) is 10.6 Å². The van der Waals surface area contributed by atoms with E-state index in [1.165, 1.54) is 6.08 Å². The molecule has 102 valence electrons. The fourth-order valence-electron chi connectivity index (χ4n) is 1.34. The number of benzene rings is 1. The monoisotopic (exact) mass is 265 g/mol. The third kappa shape index (κ3) is 5.20. The zero-order valence-electron chi connectivity index (χ0n) is 10.4. The van der Waals surface area contributed by atoms with Crippen LogP contribution in [-0.4, -0.2) is 37.5 Å². The van der Waals surface area contributed by atoms with Crippen LogP contribution in [0.5, 0.6) is 5.75 Å². The van der Waals surface area contributed by atoms with Crippen LogP contribution in [0.2, 0.25) is 0 Å². The number of hydrogen-bond acceptors (Lipinski definition) is 5. The first-order chi connectivity index (χ1) is 9.17. The Morgan fingerprint density at radius 2 is 2.11 bits per heavy atom. The van der Waals surface area contributed by atoms with Crippen LogP contribution in [-0.2, 0) is 4.79 Å². The summed E-state index contributed by atoms with van der Waals surface area (Å²) in [4.78, 5) is 24.1. The first-order valence-electron chi connectivity index (χ1n) is 5.54. The summed E-state index contributed by atoms with van der Waals surface area (Å²) in [6.45, 7) is -0.100. The van der Waals surface area contributed by atoms with Crippen LogP contribution in [0.4, 0.5) is 4.79 Å². The van der Waals surface area contributed by atoms with E-state index in [0.29, 0.717) is 11.3 Å². The summed E-state index contributed by atoms with van der Waals surface area (Å²) >= 11 is 0. The summed E-state index contributed by atoms with van der Waals surface area (Å²) in [7, 11) is 1.55. The average molecular weight is 265 g/mol. The number of hydrogen-bond donors (Lipinski definition) is 3. The predicted molar refractivity (Wildman–Crippen MR) is 67.5 cm³/mol. The van der Waals surface area contributed by atoms with Gasteiger partial charge in [-0.2, -0.15) is 4.99 Å². The van der Waals surface area contributed by atoms with Crippen molar-refractivity contribution < 1.29 is 19.4 Å². The summed E-state index contributed by atoms with van der Waals surface area (Å²) in [5, 5.41) is 14.6. The number of methoxy groups -OCH3 is 1. The lowest BCUT2D eigenvalue weighted by Crippen LogP contribution is -2.37. The van der Waals surface area contributed by atoms with Gasteiger partial charge in [0.2, 0.25) is 6.08 Å². The van der Waals surface area contributed by atoms with Crippen LogP contribution in [0.1, 0.15) is 11.7 Å². The highest BCUT2D eigenvalue weighted by Gasteiger charge is 2.09. The molecule has 0 aliphatic carbocycles. The molecule has 1 rings (SSSR count). The second kappa shape index (κ2) is 7.86. The number of urea groups is 1. The lowest BCUT2D eigenvalue weighted by atomic mass is 10.1. The molecule has 0 aromatic heterocycles. The third-order valence-corrected chi connectivity index (χ3v) is 2.34. The molecule has 0 aliphatic heterocycles. The SMILES string of the molecule is COc1ccc(C(O)CNC(=O)NCN=C=O)cc1. The van der Waals surface area contributed by atoms with Crippen molar-refractivity contribution in [1.29, 1.82) is 0 Å². The van der Waals surface area contributed by atoms with Gasteiger partial charge in [0, 0.05) is 6.54 Å². The Morgan fingerprint density at radius 3 is 2.68 bits per heavy atom. The molecule has 3 N–H and O–H groups in total. The highest BCUT2D eigenvalue weighted by Crippen LogP contribution is 2.16. The molecule has 0 saturated heterocycles. The van der Waals surface area contributed by atoms with Crippen LogP contribution in [0, 0.1) is 0 Å². The van der Waals surface area contributed by atoms with Crippen LogP contribution < -0.4 is 15.4 Å². The van der Waals surface area contributed by atoms with E-state index in [-0.39, 0.29) is 13.2 Å². The molecule has 0 heterocycles. The fraction of sp³-hybridized carbons (Fsp3) is 0.333. The van der Waals surface area contributed by atoms with Gasteiger partial charge in [-0.15, -0.1) is 0 Å². The molecule has 1 unspecified atom stereocenters. The predicted octanol–water partition coefficient (Wildman–Crippen LogP) is 0.321. The second-order valence-corrected chi connectivity index (χ2v) is 3.58.